The van der Waals surface area contributed by atoms with Gasteiger partial charge in [0.1, 0.15) is 0 Å². The predicted octanol–water partition coefficient (Wildman–Crippen LogP) is 2.14. The molecule has 1 saturated heterocycles. The zero-order chi connectivity index (χ0) is 11.3. The second-order valence-corrected chi connectivity index (χ2v) is 5.84. The van der Waals surface area contributed by atoms with Gasteiger partial charge in [-0.3, -0.25) is 4.90 Å². The first kappa shape index (κ1) is 10.6. The van der Waals surface area contributed by atoms with Gasteiger partial charge in [-0.1, -0.05) is 15.9 Å². The Morgan fingerprint density at radius 3 is 2.75 bits per heavy atom. The fourth-order valence-corrected chi connectivity index (χ4v) is 3.09. The van der Waals surface area contributed by atoms with Crippen LogP contribution in [0, 0.1) is 0 Å². The van der Waals surface area contributed by atoms with E-state index >= 15 is 0 Å². The summed E-state index contributed by atoms with van der Waals surface area (Å²) >= 11 is 3.59. The Morgan fingerprint density at radius 1 is 1.38 bits per heavy atom. The summed E-state index contributed by atoms with van der Waals surface area (Å²) in [4.78, 5) is 2.48. The first-order chi connectivity index (χ1) is 7.58. The highest BCUT2D eigenvalue weighted by Gasteiger charge is 2.42. The highest BCUT2D eigenvalue weighted by molar-refractivity contribution is 9.10. The quantitative estimate of drug-likeness (QED) is 0.802. The van der Waals surface area contributed by atoms with E-state index in [2.05, 4.69) is 33.8 Å². The molecule has 1 aromatic carbocycles. The van der Waals surface area contributed by atoms with Crippen molar-refractivity contribution in [2.45, 2.75) is 25.6 Å². The lowest BCUT2D eigenvalue weighted by Gasteiger charge is -2.45. The Labute approximate surface area is 104 Å². The van der Waals surface area contributed by atoms with Crippen molar-refractivity contribution < 1.29 is 4.74 Å². The number of hydrogen-bond acceptors (Lipinski definition) is 3. The molecule has 2 aliphatic rings. The van der Waals surface area contributed by atoms with E-state index in [-0.39, 0.29) is 5.54 Å². The van der Waals surface area contributed by atoms with E-state index in [1.165, 1.54) is 11.1 Å². The van der Waals surface area contributed by atoms with Gasteiger partial charge < -0.3 is 10.5 Å². The maximum atomic E-state index is 5.86. The Morgan fingerprint density at radius 2 is 2.12 bits per heavy atom. The van der Waals surface area contributed by atoms with Gasteiger partial charge in [-0.05, 0) is 30.2 Å². The van der Waals surface area contributed by atoms with Crippen LogP contribution >= 0.6 is 15.9 Å². The van der Waals surface area contributed by atoms with Crippen molar-refractivity contribution in [2.75, 3.05) is 18.9 Å². The van der Waals surface area contributed by atoms with E-state index in [4.69, 9.17) is 10.5 Å². The summed E-state index contributed by atoms with van der Waals surface area (Å²) < 4.78 is 6.46. The molecular formula is C12H15BrN2O. The van der Waals surface area contributed by atoms with Crippen LogP contribution in [0.4, 0.5) is 5.69 Å². The van der Waals surface area contributed by atoms with Crippen LogP contribution < -0.4 is 5.73 Å². The highest BCUT2D eigenvalue weighted by Crippen LogP contribution is 2.37. The van der Waals surface area contributed by atoms with Crippen LogP contribution in [0.1, 0.15) is 18.1 Å². The van der Waals surface area contributed by atoms with Crippen molar-refractivity contribution in [3.05, 3.63) is 27.7 Å². The van der Waals surface area contributed by atoms with Gasteiger partial charge in [-0.25, -0.2) is 0 Å². The fraction of sp³-hybridized carbons (Fsp3) is 0.500. The van der Waals surface area contributed by atoms with Crippen LogP contribution in [0.3, 0.4) is 0 Å². The number of rotatable bonds is 1. The summed E-state index contributed by atoms with van der Waals surface area (Å²) in [6, 6.07) is 4.07. The summed E-state index contributed by atoms with van der Waals surface area (Å²) in [6.07, 6.45) is 0. The molecule has 0 amide bonds. The summed E-state index contributed by atoms with van der Waals surface area (Å²) in [5, 5.41) is 0. The van der Waals surface area contributed by atoms with E-state index in [0.717, 1.165) is 36.5 Å². The van der Waals surface area contributed by atoms with Crippen molar-refractivity contribution in [1.29, 1.82) is 0 Å². The Kier molecular flexibility index (Phi) is 2.28. The lowest BCUT2D eigenvalue weighted by atomic mass is 9.98. The average Bonchev–Trinajstić information content (AvgIpc) is 2.58. The van der Waals surface area contributed by atoms with Crippen molar-refractivity contribution in [3.8, 4) is 0 Å². The third kappa shape index (κ3) is 1.48. The second-order valence-electron chi connectivity index (χ2n) is 4.99. The number of benzene rings is 1. The minimum atomic E-state index is 0.215. The number of fused-ring (bicyclic) bond motifs is 1. The van der Waals surface area contributed by atoms with Gasteiger partial charge in [0.05, 0.1) is 18.8 Å². The molecule has 0 aliphatic carbocycles. The molecule has 0 radical (unpaired) electrons. The molecule has 0 aromatic heterocycles. The van der Waals surface area contributed by atoms with E-state index in [1.54, 1.807) is 0 Å². The summed E-state index contributed by atoms with van der Waals surface area (Å²) in [7, 11) is 0. The second kappa shape index (κ2) is 3.45. The molecule has 86 valence electrons. The predicted molar refractivity (Wildman–Crippen MR) is 67.0 cm³/mol. The smallest absolute Gasteiger partial charge is 0.0671 e. The monoisotopic (exact) mass is 282 g/mol. The Balaban J connectivity index is 1.91. The van der Waals surface area contributed by atoms with Crippen LogP contribution in [-0.4, -0.2) is 23.7 Å². The molecule has 2 heterocycles. The Bertz CT molecular complexity index is 443. The maximum Gasteiger partial charge on any atom is 0.0671 e. The molecule has 3 nitrogen and oxygen atoms in total. The van der Waals surface area contributed by atoms with Gasteiger partial charge in [0.15, 0.2) is 0 Å². The van der Waals surface area contributed by atoms with E-state index in [1.807, 2.05) is 6.07 Å². The van der Waals surface area contributed by atoms with Crippen molar-refractivity contribution in [1.82, 2.24) is 4.90 Å². The fourth-order valence-electron chi connectivity index (χ4n) is 2.45. The van der Waals surface area contributed by atoms with Gasteiger partial charge in [0.25, 0.3) is 0 Å². The summed E-state index contributed by atoms with van der Waals surface area (Å²) in [5.41, 5.74) is 9.63. The molecule has 4 heteroatoms. The maximum absolute atomic E-state index is 5.86. The largest absolute Gasteiger partial charge is 0.399 e. The topological polar surface area (TPSA) is 38.5 Å². The standard InChI is InChI=1S/C12H15BrN2O/c1-12(6-16-7-12)15-4-8-2-9(14)3-11(13)10(8)5-15/h2-3H,4-7,14H2,1H3. The van der Waals surface area contributed by atoms with E-state index in [9.17, 15) is 0 Å². The van der Waals surface area contributed by atoms with Gasteiger partial charge >= 0.3 is 0 Å². The normalized spacial score (nSPS) is 22.9. The molecule has 2 N–H and O–H groups in total. The molecular weight excluding hydrogens is 268 g/mol. The van der Waals surface area contributed by atoms with Crippen molar-refractivity contribution in [2.24, 2.45) is 0 Å². The van der Waals surface area contributed by atoms with Crippen LogP contribution in [-0.2, 0) is 17.8 Å². The number of ether oxygens (including phenoxy) is 1. The number of nitrogen functional groups attached to an aromatic ring is 1. The molecule has 0 spiro atoms. The highest BCUT2D eigenvalue weighted by atomic mass is 79.9. The molecule has 16 heavy (non-hydrogen) atoms. The third-order valence-electron chi connectivity index (χ3n) is 3.61. The summed E-state index contributed by atoms with van der Waals surface area (Å²) in [5.74, 6) is 0. The van der Waals surface area contributed by atoms with Gasteiger partial charge in [0, 0.05) is 23.2 Å². The molecule has 1 fully saturated rings. The first-order valence-corrected chi connectivity index (χ1v) is 6.27. The molecule has 0 bridgehead atoms. The number of nitrogens with zero attached hydrogens (tertiary/aromatic N) is 1. The molecule has 0 unspecified atom stereocenters. The van der Waals surface area contributed by atoms with Crippen LogP contribution in [0.15, 0.2) is 16.6 Å². The molecule has 0 atom stereocenters. The molecule has 1 aromatic rings. The lowest BCUT2D eigenvalue weighted by molar-refractivity contribution is -0.133. The van der Waals surface area contributed by atoms with E-state index < -0.39 is 0 Å². The average molecular weight is 283 g/mol. The lowest BCUT2D eigenvalue weighted by Crippen LogP contribution is -2.58. The van der Waals surface area contributed by atoms with Gasteiger partial charge in [-0.2, -0.15) is 0 Å². The number of hydrogen-bond donors (Lipinski definition) is 1. The first-order valence-electron chi connectivity index (χ1n) is 5.48. The van der Waals surface area contributed by atoms with Crippen molar-refractivity contribution in [3.63, 3.8) is 0 Å². The van der Waals surface area contributed by atoms with Crippen molar-refractivity contribution >= 4 is 21.6 Å². The third-order valence-corrected chi connectivity index (χ3v) is 4.32. The minimum absolute atomic E-state index is 0.215. The van der Waals surface area contributed by atoms with Crippen LogP contribution in [0.5, 0.6) is 0 Å². The number of anilines is 1. The van der Waals surface area contributed by atoms with Gasteiger partial charge in [-0.15, -0.1) is 0 Å². The van der Waals surface area contributed by atoms with Crippen LogP contribution in [0.25, 0.3) is 0 Å². The Hall–Kier alpha value is -0.580. The van der Waals surface area contributed by atoms with Crippen LogP contribution in [0.2, 0.25) is 0 Å². The van der Waals surface area contributed by atoms with E-state index in [0.29, 0.717) is 0 Å². The van der Waals surface area contributed by atoms with Gasteiger partial charge in [0.2, 0.25) is 0 Å². The minimum Gasteiger partial charge on any atom is -0.399 e. The number of halogens is 1. The molecule has 3 rings (SSSR count). The summed E-state index contributed by atoms with van der Waals surface area (Å²) in [6.45, 7) is 5.93. The molecule has 0 saturated carbocycles. The zero-order valence-corrected chi connectivity index (χ0v) is 10.9. The SMILES string of the molecule is CC1(N2Cc3cc(N)cc(Br)c3C2)COC1. The zero-order valence-electron chi connectivity index (χ0n) is 9.29. The number of nitrogens with two attached hydrogens (primary N) is 1. The molecule has 2 aliphatic heterocycles.